The van der Waals surface area contributed by atoms with Gasteiger partial charge in [-0.2, -0.15) is 5.26 Å². The number of aromatic nitrogens is 1. The molecule has 2 rings (SSSR count). The zero-order valence-corrected chi connectivity index (χ0v) is 16.1. The number of carbonyl (C=O) groups excluding carboxylic acids is 1. The molecule has 0 unspecified atom stereocenters. The molecule has 0 saturated carbocycles. The second kappa shape index (κ2) is 7.12. The molecule has 1 heterocycles. The van der Waals surface area contributed by atoms with Gasteiger partial charge in [0.05, 0.1) is 11.3 Å². The Kier molecular flexibility index (Phi) is 5.42. The van der Waals surface area contributed by atoms with Crippen molar-refractivity contribution in [2.45, 2.75) is 25.7 Å². The summed E-state index contributed by atoms with van der Waals surface area (Å²) in [5, 5.41) is 11.2. The average molecular weight is 395 g/mol. The van der Waals surface area contributed by atoms with Gasteiger partial charge in [-0.1, -0.05) is 20.8 Å². The summed E-state index contributed by atoms with van der Waals surface area (Å²) in [6, 6.07) is 4.94. The third kappa shape index (κ3) is 4.52. The summed E-state index contributed by atoms with van der Waals surface area (Å²) in [6.07, 6.45) is 1.05. The Morgan fingerprint density at radius 1 is 1.30 bits per heavy atom. The molecule has 0 saturated heterocycles. The number of nitriles is 1. The molecule has 1 aromatic heterocycles. The highest BCUT2D eigenvalue weighted by atomic mass is 32.2. The molecule has 0 fully saturated rings. The minimum atomic E-state index is -3.94. The minimum Gasteiger partial charge on any atom is -0.343 e. The van der Waals surface area contributed by atoms with Crippen LogP contribution in [0.15, 0.2) is 29.3 Å². The first-order valence-corrected chi connectivity index (χ1v) is 9.59. The fourth-order valence-electron chi connectivity index (χ4n) is 2.57. The summed E-state index contributed by atoms with van der Waals surface area (Å²) >= 11 is 0. The molecular formula is C18H19F2N3O3S. The van der Waals surface area contributed by atoms with Crippen molar-refractivity contribution in [1.29, 1.82) is 5.26 Å². The van der Waals surface area contributed by atoms with Crippen LogP contribution in [0.5, 0.6) is 0 Å². The van der Waals surface area contributed by atoms with Crippen molar-refractivity contribution in [3.8, 4) is 6.07 Å². The van der Waals surface area contributed by atoms with E-state index in [1.807, 2.05) is 0 Å². The topological polar surface area (TPSA) is 92.0 Å². The highest BCUT2D eigenvalue weighted by Gasteiger charge is 2.31. The highest BCUT2D eigenvalue weighted by molar-refractivity contribution is 7.91. The van der Waals surface area contributed by atoms with Gasteiger partial charge in [0.15, 0.2) is 15.7 Å². The molecule has 6 nitrogen and oxygen atoms in total. The van der Waals surface area contributed by atoms with E-state index in [4.69, 9.17) is 5.26 Å². The lowest BCUT2D eigenvalue weighted by Gasteiger charge is -2.17. The van der Waals surface area contributed by atoms with Crippen molar-refractivity contribution >= 4 is 21.4 Å². The lowest BCUT2D eigenvalue weighted by atomic mass is 10.0. The van der Waals surface area contributed by atoms with Crippen LogP contribution in [0.4, 0.5) is 14.5 Å². The third-order valence-electron chi connectivity index (χ3n) is 3.61. The summed E-state index contributed by atoms with van der Waals surface area (Å²) in [5.74, 6) is -3.11. The number of hydrogen-bond donors (Lipinski definition) is 1. The van der Waals surface area contributed by atoms with Crippen LogP contribution in [0.25, 0.3) is 0 Å². The summed E-state index contributed by atoms with van der Waals surface area (Å²) in [6.45, 7) is 5.13. The zero-order chi connectivity index (χ0) is 20.6. The molecule has 0 atom stereocenters. The van der Waals surface area contributed by atoms with Crippen LogP contribution in [-0.2, 0) is 16.9 Å². The van der Waals surface area contributed by atoms with E-state index in [1.54, 1.807) is 26.8 Å². The number of rotatable bonds is 4. The molecule has 1 aromatic carbocycles. The molecule has 1 amide bonds. The van der Waals surface area contributed by atoms with Crippen molar-refractivity contribution in [3.05, 3.63) is 47.3 Å². The van der Waals surface area contributed by atoms with Gasteiger partial charge in [0.1, 0.15) is 22.5 Å². The molecule has 27 heavy (non-hydrogen) atoms. The first kappa shape index (κ1) is 20.6. The van der Waals surface area contributed by atoms with Crippen LogP contribution in [0.2, 0.25) is 0 Å². The molecule has 0 radical (unpaired) electrons. The van der Waals surface area contributed by atoms with Gasteiger partial charge in [-0.3, -0.25) is 4.79 Å². The van der Waals surface area contributed by atoms with Crippen LogP contribution < -0.4 is 5.32 Å². The number of aryl methyl sites for hydroxylation is 1. The van der Waals surface area contributed by atoms with Crippen molar-refractivity contribution in [2.75, 3.05) is 11.1 Å². The quantitative estimate of drug-likeness (QED) is 0.860. The largest absolute Gasteiger partial charge is 0.343 e. The SMILES string of the molecule is Cn1cc(S(=O)(=O)CC(C)(C)C)c(F)c1C(=O)Nc1ccc(F)c(C#N)c1. The minimum absolute atomic E-state index is 0.0812. The number of nitrogens with one attached hydrogen (secondary N) is 1. The molecule has 9 heteroatoms. The van der Waals surface area contributed by atoms with E-state index in [0.29, 0.717) is 0 Å². The predicted molar refractivity (Wildman–Crippen MR) is 95.9 cm³/mol. The monoisotopic (exact) mass is 395 g/mol. The number of benzene rings is 1. The Bertz CT molecular complexity index is 1050. The average Bonchev–Trinajstić information content (AvgIpc) is 2.82. The molecule has 0 spiro atoms. The van der Waals surface area contributed by atoms with Gasteiger partial charge >= 0.3 is 0 Å². The maximum absolute atomic E-state index is 14.8. The van der Waals surface area contributed by atoms with Gasteiger partial charge < -0.3 is 9.88 Å². The van der Waals surface area contributed by atoms with Crippen LogP contribution in [0.1, 0.15) is 36.8 Å². The van der Waals surface area contributed by atoms with E-state index in [2.05, 4.69) is 5.32 Å². The number of sulfone groups is 1. The summed E-state index contributed by atoms with van der Waals surface area (Å²) in [5.41, 5.74) is -1.28. The maximum atomic E-state index is 14.8. The van der Waals surface area contributed by atoms with E-state index < -0.39 is 43.4 Å². The fraction of sp³-hybridized carbons (Fsp3) is 0.333. The standard InChI is InChI=1S/C18H19F2N3O3S/c1-18(2,3)10-27(25,26)14-9-23(4)16(15(14)20)17(24)22-12-5-6-13(19)11(7-12)8-21/h5-7,9H,10H2,1-4H3,(H,22,24). The lowest BCUT2D eigenvalue weighted by molar-refractivity contribution is 0.101. The van der Waals surface area contributed by atoms with Crippen molar-refractivity contribution in [3.63, 3.8) is 0 Å². The second-order valence-corrected chi connectivity index (χ2v) is 9.31. The van der Waals surface area contributed by atoms with Crippen molar-refractivity contribution < 1.29 is 22.0 Å². The van der Waals surface area contributed by atoms with Crippen LogP contribution in [0, 0.1) is 28.4 Å². The second-order valence-electron chi connectivity index (χ2n) is 7.35. The van der Waals surface area contributed by atoms with E-state index in [9.17, 15) is 22.0 Å². The Morgan fingerprint density at radius 2 is 1.93 bits per heavy atom. The van der Waals surface area contributed by atoms with Crippen LogP contribution in [-0.4, -0.2) is 24.6 Å². The van der Waals surface area contributed by atoms with Gasteiger partial charge in [-0.25, -0.2) is 17.2 Å². The Morgan fingerprint density at radius 3 is 2.48 bits per heavy atom. The summed E-state index contributed by atoms with van der Waals surface area (Å²) in [4.78, 5) is 11.9. The molecular weight excluding hydrogens is 376 g/mol. The Hall–Kier alpha value is -2.73. The zero-order valence-electron chi connectivity index (χ0n) is 15.3. The predicted octanol–water partition coefficient (Wildman–Crippen LogP) is 3.25. The number of amides is 1. The number of hydrogen-bond acceptors (Lipinski definition) is 4. The van der Waals surface area contributed by atoms with E-state index in [0.717, 1.165) is 22.9 Å². The normalized spacial score (nSPS) is 11.9. The van der Waals surface area contributed by atoms with E-state index in [-0.39, 0.29) is 17.0 Å². The summed E-state index contributed by atoms with van der Waals surface area (Å²) < 4.78 is 54.1. The van der Waals surface area contributed by atoms with Crippen LogP contribution >= 0.6 is 0 Å². The first-order chi connectivity index (χ1) is 12.4. The van der Waals surface area contributed by atoms with E-state index >= 15 is 0 Å². The molecule has 0 aliphatic rings. The summed E-state index contributed by atoms with van der Waals surface area (Å²) in [7, 11) is -2.59. The third-order valence-corrected chi connectivity index (χ3v) is 5.81. The van der Waals surface area contributed by atoms with Crippen molar-refractivity contribution in [1.82, 2.24) is 4.57 Å². The number of anilines is 1. The number of nitrogens with zero attached hydrogens (tertiary/aromatic N) is 2. The molecule has 144 valence electrons. The first-order valence-electron chi connectivity index (χ1n) is 7.94. The van der Waals surface area contributed by atoms with E-state index in [1.165, 1.54) is 13.1 Å². The molecule has 0 bridgehead atoms. The lowest BCUT2D eigenvalue weighted by Crippen LogP contribution is -2.21. The highest BCUT2D eigenvalue weighted by Crippen LogP contribution is 2.27. The Balaban J connectivity index is 2.39. The molecule has 0 aliphatic heterocycles. The van der Waals surface area contributed by atoms with Gasteiger partial charge in [0, 0.05) is 18.9 Å². The maximum Gasteiger partial charge on any atom is 0.275 e. The van der Waals surface area contributed by atoms with Gasteiger partial charge in [0.25, 0.3) is 5.91 Å². The van der Waals surface area contributed by atoms with Crippen molar-refractivity contribution in [2.24, 2.45) is 12.5 Å². The van der Waals surface area contributed by atoms with Gasteiger partial charge in [-0.05, 0) is 23.6 Å². The van der Waals surface area contributed by atoms with Gasteiger partial charge in [-0.15, -0.1) is 0 Å². The smallest absolute Gasteiger partial charge is 0.275 e. The molecule has 0 aliphatic carbocycles. The molecule has 1 N–H and O–H groups in total. The fourth-order valence-corrected chi connectivity index (χ4v) is 4.56. The molecule has 2 aromatic rings. The van der Waals surface area contributed by atoms with Crippen LogP contribution in [0.3, 0.4) is 0 Å². The number of halogens is 2. The number of carbonyl (C=O) groups is 1. The Labute approximate surface area is 156 Å². The van der Waals surface area contributed by atoms with Gasteiger partial charge in [0.2, 0.25) is 0 Å².